The molecule has 0 saturated carbocycles. The molecule has 160 valence electrons. The summed E-state index contributed by atoms with van der Waals surface area (Å²) in [5, 5.41) is 0. The maximum absolute atomic E-state index is 13.3. The van der Waals surface area contributed by atoms with Crippen molar-refractivity contribution in [3.63, 3.8) is 0 Å². The summed E-state index contributed by atoms with van der Waals surface area (Å²) in [6.07, 6.45) is -4.54. The van der Waals surface area contributed by atoms with Crippen LogP contribution in [0.3, 0.4) is 0 Å². The lowest BCUT2D eigenvalue weighted by molar-refractivity contribution is -0.137. The van der Waals surface area contributed by atoms with E-state index in [2.05, 4.69) is 4.98 Å². The highest BCUT2D eigenvalue weighted by Crippen LogP contribution is 2.37. The Balaban J connectivity index is 1.80. The fourth-order valence-corrected chi connectivity index (χ4v) is 3.67. The SMILES string of the molecule is COc1ccc(N2CN(Cc3ccccc3)c3ccc(C(F)(F)F)cc3C2=O)c(C)n1. The summed E-state index contributed by atoms with van der Waals surface area (Å²) in [6.45, 7) is 2.35. The van der Waals surface area contributed by atoms with Gasteiger partial charge in [-0.1, -0.05) is 30.3 Å². The lowest BCUT2D eigenvalue weighted by atomic mass is 10.0. The van der Waals surface area contributed by atoms with Gasteiger partial charge in [0.1, 0.15) is 0 Å². The molecule has 1 aliphatic heterocycles. The third kappa shape index (κ3) is 4.05. The number of nitrogens with zero attached hydrogens (tertiary/aromatic N) is 3. The molecular formula is C23H20F3N3O2. The Kier molecular flexibility index (Phi) is 5.31. The summed E-state index contributed by atoms with van der Waals surface area (Å²) >= 11 is 0. The topological polar surface area (TPSA) is 45.7 Å². The molecule has 0 spiro atoms. The van der Waals surface area contributed by atoms with Gasteiger partial charge in [0.2, 0.25) is 5.88 Å². The van der Waals surface area contributed by atoms with Crippen molar-refractivity contribution in [3.05, 3.63) is 83.0 Å². The van der Waals surface area contributed by atoms with Crippen LogP contribution in [0.2, 0.25) is 0 Å². The van der Waals surface area contributed by atoms with Crippen molar-refractivity contribution in [2.75, 3.05) is 23.6 Å². The highest BCUT2D eigenvalue weighted by Gasteiger charge is 2.36. The highest BCUT2D eigenvalue weighted by molar-refractivity contribution is 6.12. The fourth-order valence-electron chi connectivity index (χ4n) is 3.67. The van der Waals surface area contributed by atoms with Gasteiger partial charge in [-0.2, -0.15) is 13.2 Å². The van der Waals surface area contributed by atoms with Crippen LogP contribution in [0.25, 0.3) is 0 Å². The normalized spacial score (nSPS) is 13.9. The highest BCUT2D eigenvalue weighted by atomic mass is 19.4. The number of hydrogen-bond donors (Lipinski definition) is 0. The van der Waals surface area contributed by atoms with E-state index < -0.39 is 17.6 Å². The molecule has 0 saturated heterocycles. The van der Waals surface area contributed by atoms with Gasteiger partial charge in [-0.3, -0.25) is 9.69 Å². The lowest BCUT2D eigenvalue weighted by Gasteiger charge is -2.38. The van der Waals surface area contributed by atoms with E-state index >= 15 is 0 Å². The number of carbonyl (C=O) groups excluding carboxylic acids is 1. The van der Waals surface area contributed by atoms with Crippen molar-refractivity contribution in [1.82, 2.24) is 4.98 Å². The van der Waals surface area contributed by atoms with E-state index in [9.17, 15) is 18.0 Å². The number of rotatable bonds is 4. The zero-order valence-corrected chi connectivity index (χ0v) is 17.0. The summed E-state index contributed by atoms with van der Waals surface area (Å²) in [4.78, 5) is 20.9. The van der Waals surface area contributed by atoms with Gasteiger partial charge in [0, 0.05) is 12.6 Å². The first-order valence-electron chi connectivity index (χ1n) is 9.61. The minimum atomic E-state index is -4.54. The number of aromatic nitrogens is 1. The maximum Gasteiger partial charge on any atom is 0.416 e. The van der Waals surface area contributed by atoms with Crippen LogP contribution in [0.1, 0.15) is 27.2 Å². The maximum atomic E-state index is 13.3. The molecule has 0 bridgehead atoms. The number of methoxy groups -OCH3 is 1. The number of halogens is 3. The summed E-state index contributed by atoms with van der Waals surface area (Å²) in [7, 11) is 1.49. The molecule has 1 aliphatic rings. The Hall–Kier alpha value is -3.55. The smallest absolute Gasteiger partial charge is 0.416 e. The molecule has 0 unspecified atom stereocenters. The second-order valence-corrected chi connectivity index (χ2v) is 7.25. The standard InChI is InChI=1S/C23H20F3N3O2/c1-15-19(10-11-21(27-15)31-2)29-14-28(13-16-6-4-3-5-7-16)20-9-8-17(23(24,25)26)12-18(20)22(29)30/h3-12H,13-14H2,1-2H3. The number of carbonyl (C=O) groups is 1. The molecule has 1 aromatic heterocycles. The number of ether oxygens (including phenoxy) is 1. The predicted molar refractivity (Wildman–Crippen MR) is 111 cm³/mol. The molecule has 4 rings (SSSR count). The molecular weight excluding hydrogens is 407 g/mol. The van der Waals surface area contributed by atoms with Crippen LogP contribution in [0, 0.1) is 6.92 Å². The molecule has 2 heterocycles. The van der Waals surface area contributed by atoms with E-state index in [-0.39, 0.29) is 12.2 Å². The molecule has 31 heavy (non-hydrogen) atoms. The van der Waals surface area contributed by atoms with Gasteiger partial charge in [0.25, 0.3) is 5.91 Å². The Morgan fingerprint density at radius 3 is 2.39 bits per heavy atom. The number of amides is 1. The Morgan fingerprint density at radius 1 is 1.03 bits per heavy atom. The second kappa shape index (κ2) is 7.94. The van der Waals surface area contributed by atoms with E-state index in [1.807, 2.05) is 35.2 Å². The average Bonchev–Trinajstić information content (AvgIpc) is 2.75. The van der Waals surface area contributed by atoms with Gasteiger partial charge < -0.3 is 9.64 Å². The van der Waals surface area contributed by atoms with Crippen LogP contribution in [0.5, 0.6) is 5.88 Å². The van der Waals surface area contributed by atoms with Gasteiger partial charge >= 0.3 is 6.18 Å². The van der Waals surface area contributed by atoms with E-state index in [0.29, 0.717) is 29.5 Å². The van der Waals surface area contributed by atoms with Crippen molar-refractivity contribution < 1.29 is 22.7 Å². The monoisotopic (exact) mass is 427 g/mol. The molecule has 0 fully saturated rings. The molecule has 0 aliphatic carbocycles. The first-order valence-corrected chi connectivity index (χ1v) is 9.61. The third-order valence-corrected chi connectivity index (χ3v) is 5.20. The molecule has 2 aromatic carbocycles. The number of aryl methyl sites for hydroxylation is 1. The minimum Gasteiger partial charge on any atom is -0.481 e. The molecule has 8 heteroatoms. The largest absolute Gasteiger partial charge is 0.481 e. The molecule has 3 aromatic rings. The quantitative estimate of drug-likeness (QED) is 0.585. The molecule has 0 atom stereocenters. The average molecular weight is 427 g/mol. The second-order valence-electron chi connectivity index (χ2n) is 7.25. The van der Waals surface area contributed by atoms with E-state index in [1.165, 1.54) is 18.1 Å². The summed E-state index contributed by atoms with van der Waals surface area (Å²) in [5.41, 5.74) is 1.66. The first kappa shape index (κ1) is 20.7. The van der Waals surface area contributed by atoms with Crippen molar-refractivity contribution in [2.24, 2.45) is 0 Å². The van der Waals surface area contributed by atoms with E-state index in [0.717, 1.165) is 17.7 Å². The Morgan fingerprint density at radius 2 is 1.74 bits per heavy atom. The number of pyridine rings is 1. The number of benzene rings is 2. The Labute approximate surface area is 177 Å². The summed E-state index contributed by atoms with van der Waals surface area (Å²) in [6, 6.07) is 16.2. The molecule has 1 amide bonds. The zero-order valence-electron chi connectivity index (χ0n) is 17.0. The number of alkyl halides is 3. The lowest BCUT2D eigenvalue weighted by Crippen LogP contribution is -2.47. The van der Waals surface area contributed by atoms with Gasteiger partial charge in [-0.15, -0.1) is 0 Å². The molecule has 0 radical (unpaired) electrons. The van der Waals surface area contributed by atoms with Crippen LogP contribution in [-0.2, 0) is 12.7 Å². The number of fused-ring (bicyclic) bond motifs is 1. The molecule has 0 N–H and O–H groups in total. The van der Waals surface area contributed by atoms with Crippen LogP contribution >= 0.6 is 0 Å². The zero-order chi connectivity index (χ0) is 22.2. The van der Waals surface area contributed by atoms with Crippen molar-refractivity contribution in [3.8, 4) is 5.88 Å². The van der Waals surface area contributed by atoms with Gasteiger partial charge in [-0.05, 0) is 36.8 Å². The predicted octanol–water partition coefficient (Wildman–Crippen LogP) is 5.04. The summed E-state index contributed by atoms with van der Waals surface area (Å²) in [5.74, 6) is -0.105. The number of anilines is 2. The Bertz CT molecular complexity index is 1120. The van der Waals surface area contributed by atoms with E-state index in [1.54, 1.807) is 19.1 Å². The van der Waals surface area contributed by atoms with Gasteiger partial charge in [-0.25, -0.2) is 4.98 Å². The summed E-state index contributed by atoms with van der Waals surface area (Å²) < 4.78 is 45.1. The minimum absolute atomic E-state index is 0.00669. The van der Waals surface area contributed by atoms with E-state index in [4.69, 9.17) is 4.74 Å². The van der Waals surface area contributed by atoms with Crippen molar-refractivity contribution >= 4 is 17.3 Å². The van der Waals surface area contributed by atoms with Crippen molar-refractivity contribution in [2.45, 2.75) is 19.6 Å². The van der Waals surface area contributed by atoms with Crippen LogP contribution in [0.4, 0.5) is 24.5 Å². The van der Waals surface area contributed by atoms with Gasteiger partial charge in [0.15, 0.2) is 0 Å². The first-order chi connectivity index (χ1) is 14.8. The number of hydrogen-bond acceptors (Lipinski definition) is 4. The van der Waals surface area contributed by atoms with Crippen LogP contribution in [0.15, 0.2) is 60.7 Å². The van der Waals surface area contributed by atoms with Crippen molar-refractivity contribution in [1.29, 1.82) is 0 Å². The van der Waals surface area contributed by atoms with Crippen LogP contribution in [-0.4, -0.2) is 24.7 Å². The molecule has 5 nitrogen and oxygen atoms in total. The van der Waals surface area contributed by atoms with Crippen LogP contribution < -0.4 is 14.5 Å². The fraction of sp³-hybridized carbons (Fsp3) is 0.217. The van der Waals surface area contributed by atoms with Gasteiger partial charge in [0.05, 0.1) is 42.0 Å². The third-order valence-electron chi connectivity index (χ3n) is 5.20.